The van der Waals surface area contributed by atoms with Gasteiger partial charge in [-0.3, -0.25) is 4.99 Å². The van der Waals surface area contributed by atoms with E-state index in [-0.39, 0.29) is 0 Å². The maximum atomic E-state index is 3.80. The third-order valence-electron chi connectivity index (χ3n) is 0.580. The lowest BCUT2D eigenvalue weighted by atomic mass is 10.7. The minimum atomic E-state index is 0.875. The Morgan fingerprint density at radius 3 is 3.00 bits per heavy atom. The Bertz CT molecular complexity index is 145. The fourth-order valence-corrected chi connectivity index (χ4v) is 0.700. The van der Waals surface area contributed by atoms with Crippen molar-refractivity contribution in [3.63, 3.8) is 0 Å². The van der Waals surface area contributed by atoms with Gasteiger partial charge in [-0.05, 0) is 24.3 Å². The molecule has 3 heteroatoms. The first kappa shape index (κ1) is 4.46. The monoisotopic (exact) mass is 112 g/mol. The fraction of sp³-hybridized carbons (Fsp3) is 0. The van der Waals surface area contributed by atoms with Crippen molar-refractivity contribution in [1.82, 2.24) is 4.37 Å². The van der Waals surface area contributed by atoms with Crippen LogP contribution in [-0.4, -0.2) is 11.1 Å². The maximum Gasteiger partial charge on any atom is 0.135 e. The van der Waals surface area contributed by atoms with Crippen LogP contribution in [0.25, 0.3) is 0 Å². The van der Waals surface area contributed by atoms with Crippen LogP contribution < -0.4 is 0 Å². The van der Waals surface area contributed by atoms with Crippen LogP contribution in [0.3, 0.4) is 0 Å². The number of rotatable bonds is 1. The number of aromatic nitrogens is 1. The second kappa shape index (κ2) is 1.84. The zero-order valence-corrected chi connectivity index (χ0v) is 4.48. The zero-order chi connectivity index (χ0) is 5.11. The van der Waals surface area contributed by atoms with E-state index in [1.807, 2.05) is 6.07 Å². The van der Waals surface area contributed by atoms with Crippen molar-refractivity contribution < 1.29 is 0 Å². The zero-order valence-electron chi connectivity index (χ0n) is 3.66. The SMILES string of the molecule is C=Nc1ccns1. The van der Waals surface area contributed by atoms with Crippen molar-refractivity contribution in [3.8, 4) is 0 Å². The van der Waals surface area contributed by atoms with Gasteiger partial charge in [-0.15, -0.1) is 0 Å². The molecule has 1 rings (SSSR count). The molecule has 0 aliphatic heterocycles. The van der Waals surface area contributed by atoms with E-state index in [0.29, 0.717) is 0 Å². The number of aliphatic imine (C=N–C) groups is 1. The summed E-state index contributed by atoms with van der Waals surface area (Å²) in [4.78, 5) is 3.64. The predicted octanol–water partition coefficient (Wildman–Crippen LogP) is 1.48. The lowest BCUT2D eigenvalue weighted by Crippen LogP contribution is -1.38. The van der Waals surface area contributed by atoms with Gasteiger partial charge in [0.2, 0.25) is 0 Å². The van der Waals surface area contributed by atoms with Crippen LogP contribution >= 0.6 is 11.5 Å². The summed E-state index contributed by atoms with van der Waals surface area (Å²) in [6.07, 6.45) is 1.70. The second-order valence-corrected chi connectivity index (χ2v) is 1.82. The largest absolute Gasteiger partial charge is 0.252 e. The Morgan fingerprint density at radius 1 is 1.86 bits per heavy atom. The van der Waals surface area contributed by atoms with Crippen molar-refractivity contribution in [2.75, 3.05) is 0 Å². The molecule has 0 amide bonds. The first-order valence-electron chi connectivity index (χ1n) is 1.81. The smallest absolute Gasteiger partial charge is 0.135 e. The highest BCUT2D eigenvalue weighted by molar-refractivity contribution is 7.09. The van der Waals surface area contributed by atoms with E-state index in [2.05, 4.69) is 16.1 Å². The Labute approximate surface area is 45.7 Å². The number of nitrogens with zero attached hydrogens (tertiary/aromatic N) is 2. The third kappa shape index (κ3) is 0.838. The van der Waals surface area contributed by atoms with E-state index in [1.54, 1.807) is 6.20 Å². The van der Waals surface area contributed by atoms with Crippen molar-refractivity contribution >= 4 is 23.3 Å². The minimum absolute atomic E-state index is 0.875. The molecule has 0 aliphatic rings. The van der Waals surface area contributed by atoms with Gasteiger partial charge in [0, 0.05) is 6.20 Å². The third-order valence-corrected chi connectivity index (χ3v) is 1.26. The average Bonchev–Trinajstić information content (AvgIpc) is 2.14. The summed E-state index contributed by atoms with van der Waals surface area (Å²) in [6.45, 7) is 3.32. The van der Waals surface area contributed by atoms with E-state index in [0.717, 1.165) is 5.00 Å². The molecule has 0 fully saturated rings. The topological polar surface area (TPSA) is 25.2 Å². The molecule has 1 aromatic heterocycles. The van der Waals surface area contributed by atoms with Crippen LogP contribution in [-0.2, 0) is 0 Å². The predicted molar refractivity (Wildman–Crippen MR) is 31.3 cm³/mol. The lowest BCUT2D eigenvalue weighted by molar-refractivity contribution is 1.58. The molecule has 2 nitrogen and oxygen atoms in total. The fourth-order valence-electron chi connectivity index (χ4n) is 0.291. The van der Waals surface area contributed by atoms with Gasteiger partial charge < -0.3 is 0 Å². The van der Waals surface area contributed by atoms with E-state index in [9.17, 15) is 0 Å². The molecule has 0 N–H and O–H groups in total. The van der Waals surface area contributed by atoms with Crippen molar-refractivity contribution in [1.29, 1.82) is 0 Å². The molecule has 0 spiro atoms. The summed E-state index contributed by atoms with van der Waals surface area (Å²) in [7, 11) is 0. The van der Waals surface area contributed by atoms with Gasteiger partial charge in [-0.2, -0.15) is 4.37 Å². The van der Waals surface area contributed by atoms with E-state index in [1.165, 1.54) is 11.5 Å². The standard InChI is InChI=1S/C4H4N2S/c1-5-4-2-3-6-7-4/h2-3H,1H2. The number of hydrogen-bond acceptors (Lipinski definition) is 3. The summed E-state index contributed by atoms with van der Waals surface area (Å²) in [5, 5.41) is 0.875. The molecule has 0 saturated heterocycles. The molecule has 0 atom stereocenters. The minimum Gasteiger partial charge on any atom is -0.252 e. The molecular formula is C4H4N2S. The Morgan fingerprint density at radius 2 is 2.71 bits per heavy atom. The summed E-state index contributed by atoms with van der Waals surface area (Å²) in [5.74, 6) is 0. The Kier molecular flexibility index (Phi) is 1.17. The van der Waals surface area contributed by atoms with Crippen LogP contribution in [0.15, 0.2) is 17.3 Å². The van der Waals surface area contributed by atoms with Crippen LogP contribution in [0, 0.1) is 0 Å². The highest BCUT2D eigenvalue weighted by Crippen LogP contribution is 2.13. The molecule has 1 heterocycles. The molecule has 0 unspecified atom stereocenters. The highest BCUT2D eigenvalue weighted by Gasteiger charge is 1.81. The second-order valence-electron chi connectivity index (χ2n) is 1.01. The molecule has 36 valence electrons. The Balaban J connectivity index is 2.96. The van der Waals surface area contributed by atoms with Gasteiger partial charge in [0.15, 0.2) is 0 Å². The summed E-state index contributed by atoms with van der Waals surface area (Å²) < 4.78 is 3.80. The van der Waals surface area contributed by atoms with Crippen LogP contribution in [0.4, 0.5) is 5.00 Å². The average molecular weight is 112 g/mol. The maximum absolute atomic E-state index is 3.80. The van der Waals surface area contributed by atoms with E-state index in [4.69, 9.17) is 0 Å². The van der Waals surface area contributed by atoms with Gasteiger partial charge >= 0.3 is 0 Å². The van der Waals surface area contributed by atoms with Gasteiger partial charge in [0.05, 0.1) is 0 Å². The van der Waals surface area contributed by atoms with Gasteiger partial charge in [-0.25, -0.2) is 0 Å². The quantitative estimate of drug-likeness (QED) is 0.505. The summed E-state index contributed by atoms with van der Waals surface area (Å²) in [6, 6.07) is 1.82. The van der Waals surface area contributed by atoms with Crippen LogP contribution in [0.5, 0.6) is 0 Å². The first-order valence-corrected chi connectivity index (χ1v) is 2.58. The molecule has 0 bridgehead atoms. The van der Waals surface area contributed by atoms with E-state index >= 15 is 0 Å². The first-order chi connectivity index (χ1) is 3.43. The molecule has 0 aliphatic carbocycles. The van der Waals surface area contributed by atoms with Crippen molar-refractivity contribution in [2.45, 2.75) is 0 Å². The van der Waals surface area contributed by atoms with Crippen LogP contribution in [0.2, 0.25) is 0 Å². The molecule has 7 heavy (non-hydrogen) atoms. The Hall–Kier alpha value is -0.700. The molecule has 1 aromatic rings. The van der Waals surface area contributed by atoms with Gasteiger partial charge in [0.25, 0.3) is 0 Å². The van der Waals surface area contributed by atoms with Gasteiger partial charge in [-0.1, -0.05) is 0 Å². The molecule has 0 saturated carbocycles. The number of hydrogen-bond donors (Lipinski definition) is 0. The van der Waals surface area contributed by atoms with Gasteiger partial charge in [0.1, 0.15) is 5.00 Å². The summed E-state index contributed by atoms with van der Waals surface area (Å²) >= 11 is 1.34. The van der Waals surface area contributed by atoms with E-state index < -0.39 is 0 Å². The molecule has 0 aromatic carbocycles. The highest BCUT2D eigenvalue weighted by atomic mass is 32.1. The molecular weight excluding hydrogens is 108 g/mol. The van der Waals surface area contributed by atoms with Crippen molar-refractivity contribution in [2.24, 2.45) is 4.99 Å². The van der Waals surface area contributed by atoms with Crippen LogP contribution in [0.1, 0.15) is 0 Å². The van der Waals surface area contributed by atoms with Crippen molar-refractivity contribution in [3.05, 3.63) is 12.3 Å². The molecule has 0 radical (unpaired) electrons. The normalized spacial score (nSPS) is 8.57. The lowest BCUT2D eigenvalue weighted by Gasteiger charge is -1.69. The summed E-state index contributed by atoms with van der Waals surface area (Å²) in [5.41, 5.74) is 0.